The molecule has 0 heterocycles. The second kappa shape index (κ2) is 5.87. The Labute approximate surface area is 116 Å². The number of benzene rings is 2. The fourth-order valence-corrected chi connectivity index (χ4v) is 1.94. The molecule has 4 heteroatoms. The topological polar surface area (TPSA) is 63.3 Å². The second-order valence-electron chi connectivity index (χ2n) is 4.35. The Morgan fingerprint density at radius 1 is 1.05 bits per heavy atom. The van der Waals surface area contributed by atoms with Crippen molar-refractivity contribution in [3.63, 3.8) is 0 Å². The number of rotatable bonds is 4. The predicted octanol–water partition coefficient (Wildman–Crippen LogP) is 2.96. The van der Waals surface area contributed by atoms with Crippen LogP contribution >= 0.6 is 11.6 Å². The van der Waals surface area contributed by atoms with Crippen LogP contribution in [0.1, 0.15) is 5.56 Å². The van der Waals surface area contributed by atoms with Crippen LogP contribution in [0.15, 0.2) is 48.5 Å². The smallest absolute Gasteiger partial charge is 0.320 e. The first-order valence-electron chi connectivity index (χ1n) is 5.89. The van der Waals surface area contributed by atoms with Gasteiger partial charge in [-0.1, -0.05) is 48.0 Å². The van der Waals surface area contributed by atoms with Crippen molar-refractivity contribution in [3.8, 4) is 11.1 Å². The Kier molecular flexibility index (Phi) is 4.20. The zero-order valence-corrected chi connectivity index (χ0v) is 11.0. The highest BCUT2D eigenvalue weighted by Crippen LogP contribution is 2.22. The van der Waals surface area contributed by atoms with Crippen LogP contribution in [0.4, 0.5) is 0 Å². The van der Waals surface area contributed by atoms with Crippen molar-refractivity contribution in [3.05, 3.63) is 59.1 Å². The van der Waals surface area contributed by atoms with E-state index in [2.05, 4.69) is 0 Å². The molecule has 0 bridgehead atoms. The third-order valence-corrected chi connectivity index (χ3v) is 3.16. The summed E-state index contributed by atoms with van der Waals surface area (Å²) < 4.78 is 0. The Hall–Kier alpha value is -1.84. The molecule has 2 aromatic carbocycles. The van der Waals surface area contributed by atoms with Crippen molar-refractivity contribution in [2.45, 2.75) is 12.5 Å². The van der Waals surface area contributed by atoms with Crippen molar-refractivity contribution in [2.24, 2.45) is 5.73 Å². The minimum absolute atomic E-state index is 0.330. The predicted molar refractivity (Wildman–Crippen MR) is 76.2 cm³/mol. The molecule has 19 heavy (non-hydrogen) atoms. The summed E-state index contributed by atoms with van der Waals surface area (Å²) in [6, 6.07) is 14.4. The molecule has 3 N–H and O–H groups in total. The van der Waals surface area contributed by atoms with E-state index in [4.69, 9.17) is 22.4 Å². The zero-order chi connectivity index (χ0) is 13.8. The quantitative estimate of drug-likeness (QED) is 0.902. The number of carboxylic acids is 1. The number of carboxylic acid groups (broad SMARTS) is 1. The number of nitrogens with two attached hydrogens (primary N) is 1. The molecule has 2 rings (SSSR count). The van der Waals surface area contributed by atoms with E-state index in [0.29, 0.717) is 11.4 Å². The minimum atomic E-state index is -0.984. The fraction of sp³-hybridized carbons (Fsp3) is 0.133. The molecule has 0 aromatic heterocycles. The van der Waals surface area contributed by atoms with E-state index in [1.54, 1.807) is 0 Å². The monoisotopic (exact) mass is 275 g/mol. The van der Waals surface area contributed by atoms with Crippen LogP contribution in [-0.4, -0.2) is 17.1 Å². The first-order chi connectivity index (χ1) is 9.06. The average molecular weight is 276 g/mol. The molecule has 0 amide bonds. The van der Waals surface area contributed by atoms with Crippen LogP contribution in [0, 0.1) is 0 Å². The molecule has 0 unspecified atom stereocenters. The molecular formula is C15H14ClNO2. The maximum Gasteiger partial charge on any atom is 0.320 e. The Balaban J connectivity index is 2.14. The van der Waals surface area contributed by atoms with E-state index >= 15 is 0 Å². The van der Waals surface area contributed by atoms with Gasteiger partial charge in [0.05, 0.1) is 0 Å². The van der Waals surface area contributed by atoms with Crippen molar-refractivity contribution in [2.75, 3.05) is 0 Å². The van der Waals surface area contributed by atoms with Crippen LogP contribution < -0.4 is 5.73 Å². The van der Waals surface area contributed by atoms with Crippen LogP contribution in [-0.2, 0) is 11.2 Å². The van der Waals surface area contributed by atoms with Gasteiger partial charge in [-0.15, -0.1) is 0 Å². The lowest BCUT2D eigenvalue weighted by Crippen LogP contribution is -2.32. The molecule has 0 saturated heterocycles. The maximum atomic E-state index is 10.7. The first-order valence-corrected chi connectivity index (χ1v) is 6.27. The lowest BCUT2D eigenvalue weighted by molar-refractivity contribution is -0.138. The van der Waals surface area contributed by atoms with Gasteiger partial charge in [0, 0.05) is 5.02 Å². The summed E-state index contributed by atoms with van der Waals surface area (Å²) in [6.07, 6.45) is 0.330. The van der Waals surface area contributed by atoms with Gasteiger partial charge in [0.1, 0.15) is 6.04 Å². The molecule has 3 nitrogen and oxygen atoms in total. The van der Waals surface area contributed by atoms with Gasteiger partial charge >= 0.3 is 5.97 Å². The first kappa shape index (κ1) is 13.6. The van der Waals surface area contributed by atoms with E-state index < -0.39 is 12.0 Å². The Morgan fingerprint density at radius 2 is 1.53 bits per heavy atom. The SMILES string of the molecule is N[C@H](Cc1ccc(-c2ccc(Cl)cc2)cc1)C(=O)O. The molecule has 98 valence electrons. The standard InChI is InChI=1S/C15H14ClNO2/c16-13-7-5-12(6-8-13)11-3-1-10(2-4-11)9-14(17)15(18)19/h1-8,14H,9,17H2,(H,18,19)/t14-/m1/s1. The van der Waals surface area contributed by atoms with Gasteiger partial charge in [-0.25, -0.2) is 0 Å². The van der Waals surface area contributed by atoms with E-state index in [-0.39, 0.29) is 0 Å². The summed E-state index contributed by atoms with van der Waals surface area (Å²) >= 11 is 5.84. The van der Waals surface area contributed by atoms with Gasteiger partial charge in [0.2, 0.25) is 0 Å². The van der Waals surface area contributed by atoms with E-state index in [1.807, 2.05) is 48.5 Å². The molecule has 0 spiro atoms. The molecule has 1 atom stereocenters. The molecule has 0 aliphatic rings. The Bertz CT molecular complexity index is 564. The third kappa shape index (κ3) is 3.56. The molecular weight excluding hydrogens is 262 g/mol. The fourth-order valence-electron chi connectivity index (χ4n) is 1.82. The number of hydrogen-bond acceptors (Lipinski definition) is 2. The van der Waals surface area contributed by atoms with Crippen molar-refractivity contribution in [1.29, 1.82) is 0 Å². The van der Waals surface area contributed by atoms with Crippen LogP contribution in [0.25, 0.3) is 11.1 Å². The van der Waals surface area contributed by atoms with E-state index in [0.717, 1.165) is 16.7 Å². The van der Waals surface area contributed by atoms with E-state index in [9.17, 15) is 4.79 Å². The van der Waals surface area contributed by atoms with E-state index in [1.165, 1.54) is 0 Å². The second-order valence-corrected chi connectivity index (χ2v) is 4.79. The van der Waals surface area contributed by atoms with Crippen LogP contribution in [0.2, 0.25) is 5.02 Å². The molecule has 2 aromatic rings. The normalized spacial score (nSPS) is 12.1. The largest absolute Gasteiger partial charge is 0.480 e. The number of hydrogen-bond donors (Lipinski definition) is 2. The zero-order valence-electron chi connectivity index (χ0n) is 10.2. The molecule has 0 aliphatic carbocycles. The summed E-state index contributed by atoms with van der Waals surface area (Å²) in [6.45, 7) is 0. The van der Waals surface area contributed by atoms with Crippen molar-refractivity contribution < 1.29 is 9.90 Å². The highest BCUT2D eigenvalue weighted by molar-refractivity contribution is 6.30. The average Bonchev–Trinajstić information content (AvgIpc) is 2.40. The van der Waals surface area contributed by atoms with Gasteiger partial charge in [0.25, 0.3) is 0 Å². The third-order valence-electron chi connectivity index (χ3n) is 2.90. The van der Waals surface area contributed by atoms with Gasteiger partial charge < -0.3 is 10.8 Å². The lowest BCUT2D eigenvalue weighted by atomic mass is 10.0. The summed E-state index contributed by atoms with van der Waals surface area (Å²) in [5.74, 6) is -0.984. The molecule has 0 saturated carbocycles. The number of aliphatic carboxylic acids is 1. The molecule has 0 radical (unpaired) electrons. The summed E-state index contributed by atoms with van der Waals surface area (Å²) in [5.41, 5.74) is 8.54. The highest BCUT2D eigenvalue weighted by atomic mass is 35.5. The number of halogens is 1. The van der Waals surface area contributed by atoms with Gasteiger partial charge in [-0.3, -0.25) is 4.79 Å². The van der Waals surface area contributed by atoms with Gasteiger partial charge in [-0.2, -0.15) is 0 Å². The van der Waals surface area contributed by atoms with Gasteiger partial charge in [0.15, 0.2) is 0 Å². The Morgan fingerprint density at radius 3 is 2.00 bits per heavy atom. The van der Waals surface area contributed by atoms with Crippen LogP contribution in [0.5, 0.6) is 0 Å². The van der Waals surface area contributed by atoms with Crippen molar-refractivity contribution >= 4 is 17.6 Å². The molecule has 0 aliphatic heterocycles. The maximum absolute atomic E-state index is 10.7. The number of carbonyl (C=O) groups is 1. The van der Waals surface area contributed by atoms with Crippen LogP contribution in [0.3, 0.4) is 0 Å². The van der Waals surface area contributed by atoms with Gasteiger partial charge in [-0.05, 0) is 35.2 Å². The van der Waals surface area contributed by atoms with Crippen molar-refractivity contribution in [1.82, 2.24) is 0 Å². The minimum Gasteiger partial charge on any atom is -0.480 e. The highest BCUT2D eigenvalue weighted by Gasteiger charge is 2.11. The summed E-state index contributed by atoms with van der Waals surface area (Å²) in [5, 5.41) is 9.47. The molecule has 0 fully saturated rings. The summed E-state index contributed by atoms with van der Waals surface area (Å²) in [4.78, 5) is 10.7. The lowest BCUT2D eigenvalue weighted by Gasteiger charge is -2.07. The summed E-state index contributed by atoms with van der Waals surface area (Å²) in [7, 11) is 0.